The maximum Gasteiger partial charge on any atom is 0.352 e. The van der Waals surface area contributed by atoms with Crippen LogP contribution in [0, 0.1) is 17.0 Å². The van der Waals surface area contributed by atoms with Crippen LogP contribution in [0.2, 0.25) is 0 Å². The highest BCUT2D eigenvalue weighted by Gasteiger charge is 2.29. The van der Waals surface area contributed by atoms with Gasteiger partial charge in [0.1, 0.15) is 11.9 Å². The molecule has 0 aliphatic rings. The topological polar surface area (TPSA) is 94.6 Å². The Labute approximate surface area is 146 Å². The van der Waals surface area contributed by atoms with Crippen LogP contribution < -0.4 is 0 Å². The molecule has 0 saturated heterocycles. The summed E-state index contributed by atoms with van der Waals surface area (Å²) in [6.45, 7) is 1.79. The minimum Gasteiger partial charge on any atom is -0.358 e. The minimum atomic E-state index is -3.74. The van der Waals surface area contributed by atoms with Crippen molar-refractivity contribution >= 4 is 37.2 Å². The summed E-state index contributed by atoms with van der Waals surface area (Å²) in [5.74, 6) is -0.880. The van der Waals surface area contributed by atoms with Gasteiger partial charge in [0, 0.05) is 0 Å². The van der Waals surface area contributed by atoms with Gasteiger partial charge in [0.15, 0.2) is 15.5 Å². The van der Waals surface area contributed by atoms with Crippen LogP contribution in [0.15, 0.2) is 52.0 Å². The Kier molecular flexibility index (Phi) is 4.14. The van der Waals surface area contributed by atoms with Crippen molar-refractivity contribution in [3.63, 3.8) is 0 Å². The average Bonchev–Trinajstić information content (AvgIpc) is 2.86. The molecule has 7 nitrogen and oxygen atoms in total. The summed E-state index contributed by atoms with van der Waals surface area (Å²) in [6, 6.07) is 9.58. The molecule has 0 atom stereocenters. The quantitative estimate of drug-likeness (QED) is 0.486. The molecule has 0 radical (unpaired) electrons. The summed E-state index contributed by atoms with van der Waals surface area (Å²) in [5, 5.41) is 11.5. The molecule has 9 heteroatoms. The Morgan fingerprint density at radius 3 is 2.58 bits per heavy atom. The van der Waals surface area contributed by atoms with E-state index in [0.717, 1.165) is 5.56 Å². The molecule has 0 amide bonds. The number of pyridine rings is 1. The van der Waals surface area contributed by atoms with E-state index in [0.29, 0.717) is 10.1 Å². The van der Waals surface area contributed by atoms with Crippen LogP contribution in [-0.2, 0) is 15.6 Å². The lowest BCUT2D eigenvalue weighted by molar-refractivity contribution is -0.391. The van der Waals surface area contributed by atoms with Crippen molar-refractivity contribution in [2.75, 3.05) is 0 Å². The fraction of sp³-hybridized carbons (Fsp3) is 0.133. The Balaban J connectivity index is 2.18. The van der Waals surface area contributed by atoms with E-state index < -0.39 is 20.5 Å². The molecule has 124 valence electrons. The first-order valence-electron chi connectivity index (χ1n) is 6.89. The van der Waals surface area contributed by atoms with Crippen LogP contribution >= 0.6 is 15.9 Å². The van der Waals surface area contributed by atoms with Crippen LogP contribution in [0.1, 0.15) is 11.3 Å². The normalized spacial score (nSPS) is 11.8. The number of hydrogen-bond acceptors (Lipinski definition) is 5. The van der Waals surface area contributed by atoms with Crippen molar-refractivity contribution in [3.8, 4) is 0 Å². The molecule has 3 aromatic rings. The van der Waals surface area contributed by atoms with E-state index in [1.54, 1.807) is 37.4 Å². The first kappa shape index (κ1) is 16.6. The molecule has 0 aliphatic carbocycles. The van der Waals surface area contributed by atoms with Gasteiger partial charge in [0.2, 0.25) is 5.65 Å². The van der Waals surface area contributed by atoms with E-state index in [4.69, 9.17) is 0 Å². The lowest BCUT2D eigenvalue weighted by Gasteiger charge is -2.02. The van der Waals surface area contributed by atoms with Gasteiger partial charge in [-0.2, -0.15) is 4.40 Å². The number of sulfone groups is 1. The SMILES string of the molecule is Cc1cc(Br)c2nc(CS(=O)(=O)c3ccccc3)c([N+](=O)[O-])n2c1. The fourth-order valence-corrected chi connectivity index (χ4v) is 4.38. The number of imidazole rings is 1. The van der Waals surface area contributed by atoms with E-state index in [1.165, 1.54) is 16.5 Å². The molecule has 2 heterocycles. The maximum atomic E-state index is 12.5. The second kappa shape index (κ2) is 5.99. The predicted octanol–water partition coefficient (Wildman–Crippen LogP) is 3.29. The molecule has 2 aromatic heterocycles. The molecule has 0 unspecified atom stereocenters. The van der Waals surface area contributed by atoms with Crippen LogP contribution in [0.25, 0.3) is 5.65 Å². The highest BCUT2D eigenvalue weighted by molar-refractivity contribution is 9.10. The summed E-state index contributed by atoms with van der Waals surface area (Å²) in [5.41, 5.74) is 1.01. The molecule has 3 rings (SSSR count). The van der Waals surface area contributed by atoms with Gasteiger partial charge in [-0.1, -0.05) is 18.2 Å². The molecular formula is C15H12BrN3O4S. The number of halogens is 1. The van der Waals surface area contributed by atoms with Gasteiger partial charge in [0.25, 0.3) is 0 Å². The number of nitro groups is 1. The summed E-state index contributed by atoms with van der Waals surface area (Å²) in [7, 11) is -3.74. The van der Waals surface area contributed by atoms with Crippen molar-refractivity contribution in [2.45, 2.75) is 17.6 Å². The maximum absolute atomic E-state index is 12.5. The Bertz CT molecular complexity index is 1050. The third-order valence-corrected chi connectivity index (χ3v) is 5.69. The predicted molar refractivity (Wildman–Crippen MR) is 91.6 cm³/mol. The van der Waals surface area contributed by atoms with Crippen molar-refractivity contribution in [3.05, 3.63) is 68.4 Å². The van der Waals surface area contributed by atoms with Gasteiger partial charge in [-0.25, -0.2) is 13.4 Å². The van der Waals surface area contributed by atoms with E-state index in [9.17, 15) is 18.5 Å². The smallest absolute Gasteiger partial charge is 0.352 e. The lowest BCUT2D eigenvalue weighted by Crippen LogP contribution is -2.07. The number of hydrogen-bond donors (Lipinski definition) is 0. The zero-order valence-electron chi connectivity index (χ0n) is 12.5. The number of nitrogens with zero attached hydrogens (tertiary/aromatic N) is 3. The molecule has 0 bridgehead atoms. The fourth-order valence-electron chi connectivity index (χ4n) is 2.45. The number of rotatable bonds is 4. The van der Waals surface area contributed by atoms with Crippen molar-refractivity contribution in [1.82, 2.24) is 9.38 Å². The minimum absolute atomic E-state index is 0.0878. The van der Waals surface area contributed by atoms with Crippen LogP contribution in [0.3, 0.4) is 0 Å². The highest BCUT2D eigenvalue weighted by Crippen LogP contribution is 2.29. The average molecular weight is 410 g/mol. The van der Waals surface area contributed by atoms with Crippen LogP contribution in [-0.4, -0.2) is 22.7 Å². The molecule has 1 aromatic carbocycles. The standard InChI is InChI=1S/C15H12BrN3O4S/c1-10-7-12(16)14-17-13(15(19(20)21)18(14)8-10)9-24(22,23)11-5-3-2-4-6-11/h2-8H,9H2,1H3. The highest BCUT2D eigenvalue weighted by atomic mass is 79.9. The Hall–Kier alpha value is -2.26. The monoisotopic (exact) mass is 409 g/mol. The Morgan fingerprint density at radius 1 is 1.29 bits per heavy atom. The summed E-state index contributed by atoms with van der Waals surface area (Å²) in [4.78, 5) is 15.2. The van der Waals surface area contributed by atoms with Gasteiger partial charge in [0.05, 0.1) is 9.37 Å². The van der Waals surface area contributed by atoms with E-state index in [1.807, 2.05) is 0 Å². The van der Waals surface area contributed by atoms with Crippen molar-refractivity contribution < 1.29 is 13.3 Å². The number of fused-ring (bicyclic) bond motifs is 1. The molecule has 0 saturated carbocycles. The lowest BCUT2D eigenvalue weighted by atomic mass is 10.3. The van der Waals surface area contributed by atoms with Crippen molar-refractivity contribution in [2.24, 2.45) is 0 Å². The van der Waals surface area contributed by atoms with Gasteiger partial charge in [-0.3, -0.25) is 0 Å². The zero-order chi connectivity index (χ0) is 17.5. The second-order valence-corrected chi connectivity index (χ2v) is 8.11. The Morgan fingerprint density at radius 2 is 1.96 bits per heavy atom. The number of benzene rings is 1. The second-order valence-electron chi connectivity index (χ2n) is 5.27. The largest absolute Gasteiger partial charge is 0.358 e. The van der Waals surface area contributed by atoms with Crippen LogP contribution in [0.5, 0.6) is 0 Å². The van der Waals surface area contributed by atoms with Gasteiger partial charge < -0.3 is 10.1 Å². The first-order chi connectivity index (χ1) is 11.3. The summed E-state index contributed by atoms with van der Waals surface area (Å²) in [6.07, 6.45) is 1.56. The summed E-state index contributed by atoms with van der Waals surface area (Å²) < 4.78 is 26.9. The van der Waals surface area contributed by atoms with E-state index in [2.05, 4.69) is 20.9 Å². The molecule has 0 N–H and O–H groups in total. The third kappa shape index (κ3) is 2.92. The summed E-state index contributed by atoms with van der Waals surface area (Å²) >= 11 is 3.31. The van der Waals surface area contributed by atoms with Gasteiger partial charge in [-0.15, -0.1) is 0 Å². The molecule has 0 spiro atoms. The number of aromatic nitrogens is 2. The molecular weight excluding hydrogens is 398 g/mol. The van der Waals surface area contributed by atoms with Crippen molar-refractivity contribution in [1.29, 1.82) is 0 Å². The van der Waals surface area contributed by atoms with E-state index >= 15 is 0 Å². The molecule has 0 aliphatic heterocycles. The molecule has 0 fully saturated rings. The zero-order valence-corrected chi connectivity index (χ0v) is 14.9. The number of aryl methyl sites for hydroxylation is 1. The first-order valence-corrected chi connectivity index (χ1v) is 9.33. The van der Waals surface area contributed by atoms with Gasteiger partial charge >= 0.3 is 5.82 Å². The van der Waals surface area contributed by atoms with Gasteiger partial charge in [-0.05, 0) is 51.5 Å². The van der Waals surface area contributed by atoms with E-state index in [-0.39, 0.29) is 16.4 Å². The third-order valence-electron chi connectivity index (χ3n) is 3.46. The van der Waals surface area contributed by atoms with Crippen LogP contribution in [0.4, 0.5) is 5.82 Å². The molecule has 24 heavy (non-hydrogen) atoms.